The van der Waals surface area contributed by atoms with Gasteiger partial charge in [-0.3, -0.25) is 10.1 Å². The molecule has 0 heterocycles. The van der Waals surface area contributed by atoms with Crippen LogP contribution in [0.15, 0.2) is 48.5 Å². The number of nitrogens with zero attached hydrogens (tertiary/aromatic N) is 1. The molecular formula is C15H16N2O3. The maximum Gasteiger partial charge on any atom is 0.269 e. The summed E-state index contributed by atoms with van der Waals surface area (Å²) >= 11 is 0. The molecule has 0 aliphatic rings. The van der Waals surface area contributed by atoms with Crippen LogP contribution in [0.2, 0.25) is 0 Å². The number of hydrogen-bond acceptors (Lipinski definition) is 4. The number of aliphatic hydroxyl groups is 1. The quantitative estimate of drug-likeness (QED) is 0.647. The fourth-order valence-corrected chi connectivity index (χ4v) is 2.00. The fourth-order valence-electron chi connectivity index (χ4n) is 2.00. The number of benzene rings is 2. The van der Waals surface area contributed by atoms with E-state index in [0.29, 0.717) is 6.54 Å². The van der Waals surface area contributed by atoms with E-state index in [1.165, 1.54) is 12.1 Å². The molecule has 2 aromatic rings. The lowest BCUT2D eigenvalue weighted by molar-refractivity contribution is -0.384. The van der Waals surface area contributed by atoms with E-state index in [1.54, 1.807) is 13.0 Å². The van der Waals surface area contributed by atoms with Gasteiger partial charge in [0.1, 0.15) is 0 Å². The summed E-state index contributed by atoms with van der Waals surface area (Å²) in [6.07, 6.45) is -0.566. The number of anilines is 1. The van der Waals surface area contributed by atoms with E-state index in [-0.39, 0.29) is 5.69 Å². The van der Waals surface area contributed by atoms with Crippen molar-refractivity contribution < 1.29 is 10.0 Å². The number of para-hydroxylation sites is 1. The lowest BCUT2D eigenvalue weighted by Gasteiger charge is -2.13. The zero-order valence-electron chi connectivity index (χ0n) is 11.1. The Balaban J connectivity index is 2.13. The molecule has 0 saturated carbocycles. The van der Waals surface area contributed by atoms with Crippen molar-refractivity contribution in [3.05, 3.63) is 69.8 Å². The van der Waals surface area contributed by atoms with Crippen LogP contribution in [0.5, 0.6) is 0 Å². The molecular weight excluding hydrogens is 256 g/mol. The Bertz CT molecular complexity index is 612. The zero-order valence-corrected chi connectivity index (χ0v) is 11.1. The monoisotopic (exact) mass is 272 g/mol. The van der Waals surface area contributed by atoms with Crippen LogP contribution < -0.4 is 5.32 Å². The van der Waals surface area contributed by atoms with Gasteiger partial charge in [-0.25, -0.2) is 0 Å². The van der Waals surface area contributed by atoms with Crippen molar-refractivity contribution >= 4 is 11.4 Å². The molecule has 0 aliphatic heterocycles. The first-order chi connectivity index (χ1) is 9.58. The van der Waals surface area contributed by atoms with Gasteiger partial charge in [0.2, 0.25) is 0 Å². The van der Waals surface area contributed by atoms with Crippen LogP contribution in [0.4, 0.5) is 11.4 Å². The molecule has 2 aromatic carbocycles. The number of nitrogens with one attached hydrogen (secondary N) is 1. The molecule has 0 fully saturated rings. The Morgan fingerprint density at radius 3 is 2.70 bits per heavy atom. The van der Waals surface area contributed by atoms with Crippen LogP contribution in [0.1, 0.15) is 24.2 Å². The van der Waals surface area contributed by atoms with Crippen LogP contribution in [-0.4, -0.2) is 10.0 Å². The molecule has 0 bridgehead atoms. The van der Waals surface area contributed by atoms with Crippen LogP contribution >= 0.6 is 0 Å². The first-order valence-electron chi connectivity index (χ1n) is 6.32. The van der Waals surface area contributed by atoms with Crippen LogP contribution in [0, 0.1) is 10.1 Å². The van der Waals surface area contributed by atoms with Gasteiger partial charge >= 0.3 is 0 Å². The molecule has 5 heteroatoms. The molecule has 0 aliphatic carbocycles. The molecule has 5 nitrogen and oxygen atoms in total. The van der Waals surface area contributed by atoms with E-state index in [9.17, 15) is 15.2 Å². The Kier molecular flexibility index (Phi) is 4.32. The third kappa shape index (κ3) is 3.33. The largest absolute Gasteiger partial charge is 0.389 e. The van der Waals surface area contributed by atoms with Gasteiger partial charge in [0.25, 0.3) is 5.69 Å². The summed E-state index contributed by atoms with van der Waals surface area (Å²) in [7, 11) is 0. The maximum atomic E-state index is 10.7. The normalized spacial score (nSPS) is 11.9. The van der Waals surface area contributed by atoms with Crippen molar-refractivity contribution in [2.24, 2.45) is 0 Å². The van der Waals surface area contributed by atoms with Gasteiger partial charge < -0.3 is 10.4 Å². The van der Waals surface area contributed by atoms with E-state index in [2.05, 4.69) is 5.32 Å². The second-order valence-corrected chi connectivity index (χ2v) is 4.54. The molecule has 0 aromatic heterocycles. The minimum atomic E-state index is -0.566. The molecule has 0 radical (unpaired) electrons. The molecule has 2 rings (SSSR count). The van der Waals surface area contributed by atoms with E-state index < -0.39 is 11.0 Å². The van der Waals surface area contributed by atoms with Crippen molar-refractivity contribution in [2.75, 3.05) is 5.32 Å². The molecule has 1 atom stereocenters. The fraction of sp³-hybridized carbons (Fsp3) is 0.200. The molecule has 0 amide bonds. The molecule has 104 valence electrons. The van der Waals surface area contributed by atoms with Gasteiger partial charge in [-0.1, -0.05) is 30.3 Å². The number of non-ortho nitro benzene ring substituents is 1. The number of aliphatic hydroxyl groups excluding tert-OH is 1. The molecule has 0 saturated heterocycles. The Morgan fingerprint density at radius 1 is 1.25 bits per heavy atom. The van der Waals surface area contributed by atoms with Gasteiger partial charge in [0, 0.05) is 29.9 Å². The molecule has 2 N–H and O–H groups in total. The Labute approximate surface area is 117 Å². The smallest absolute Gasteiger partial charge is 0.269 e. The topological polar surface area (TPSA) is 75.4 Å². The SMILES string of the molecule is CC(O)c1ccccc1NCc1cccc([N+](=O)[O-])c1. The van der Waals surface area contributed by atoms with Gasteiger partial charge in [-0.05, 0) is 18.6 Å². The standard InChI is InChI=1S/C15H16N2O3/c1-11(18)14-7-2-3-8-15(14)16-10-12-5-4-6-13(9-12)17(19)20/h2-9,11,16,18H,10H2,1H3. The highest BCUT2D eigenvalue weighted by Gasteiger charge is 2.08. The highest BCUT2D eigenvalue weighted by atomic mass is 16.6. The Hall–Kier alpha value is -2.40. The van der Waals surface area contributed by atoms with Crippen molar-refractivity contribution in [2.45, 2.75) is 19.6 Å². The van der Waals surface area contributed by atoms with Gasteiger partial charge in [-0.15, -0.1) is 0 Å². The third-order valence-corrected chi connectivity index (χ3v) is 3.02. The van der Waals surface area contributed by atoms with Gasteiger partial charge in [0.15, 0.2) is 0 Å². The third-order valence-electron chi connectivity index (χ3n) is 3.02. The zero-order chi connectivity index (χ0) is 14.5. The highest BCUT2D eigenvalue weighted by molar-refractivity contribution is 5.52. The van der Waals surface area contributed by atoms with E-state index in [1.807, 2.05) is 30.3 Å². The summed E-state index contributed by atoms with van der Waals surface area (Å²) in [5.41, 5.74) is 2.53. The van der Waals surface area contributed by atoms with Crippen molar-refractivity contribution in [3.63, 3.8) is 0 Å². The molecule has 0 spiro atoms. The number of hydrogen-bond donors (Lipinski definition) is 2. The number of nitro groups is 1. The summed E-state index contributed by atoms with van der Waals surface area (Å²) in [5, 5.41) is 23.6. The number of nitro benzene ring substituents is 1. The summed E-state index contributed by atoms with van der Waals surface area (Å²) < 4.78 is 0. The van der Waals surface area contributed by atoms with E-state index in [0.717, 1.165) is 16.8 Å². The lowest BCUT2D eigenvalue weighted by Crippen LogP contribution is -2.04. The summed E-state index contributed by atoms with van der Waals surface area (Å²) in [6.45, 7) is 2.17. The van der Waals surface area contributed by atoms with Crippen molar-refractivity contribution in [1.82, 2.24) is 0 Å². The Morgan fingerprint density at radius 2 is 2.00 bits per heavy atom. The minimum Gasteiger partial charge on any atom is -0.389 e. The summed E-state index contributed by atoms with van der Waals surface area (Å²) in [6, 6.07) is 14.0. The average molecular weight is 272 g/mol. The first kappa shape index (κ1) is 14.0. The van der Waals surface area contributed by atoms with Gasteiger partial charge in [-0.2, -0.15) is 0 Å². The predicted octanol–water partition coefficient (Wildman–Crippen LogP) is 3.26. The number of rotatable bonds is 5. The van der Waals surface area contributed by atoms with E-state index >= 15 is 0 Å². The van der Waals surface area contributed by atoms with Crippen molar-refractivity contribution in [1.29, 1.82) is 0 Å². The summed E-state index contributed by atoms with van der Waals surface area (Å²) in [5.74, 6) is 0. The predicted molar refractivity (Wildman–Crippen MR) is 77.5 cm³/mol. The van der Waals surface area contributed by atoms with Crippen LogP contribution in [0.3, 0.4) is 0 Å². The second kappa shape index (κ2) is 6.16. The first-order valence-corrected chi connectivity index (χ1v) is 6.32. The van der Waals surface area contributed by atoms with E-state index in [4.69, 9.17) is 0 Å². The minimum absolute atomic E-state index is 0.0770. The summed E-state index contributed by atoms with van der Waals surface area (Å²) in [4.78, 5) is 10.3. The maximum absolute atomic E-state index is 10.7. The van der Waals surface area contributed by atoms with Crippen molar-refractivity contribution in [3.8, 4) is 0 Å². The highest BCUT2D eigenvalue weighted by Crippen LogP contribution is 2.23. The van der Waals surface area contributed by atoms with Gasteiger partial charge in [0.05, 0.1) is 11.0 Å². The average Bonchev–Trinajstić information content (AvgIpc) is 2.45. The second-order valence-electron chi connectivity index (χ2n) is 4.54. The molecule has 1 unspecified atom stereocenters. The molecule has 20 heavy (non-hydrogen) atoms. The lowest BCUT2D eigenvalue weighted by atomic mass is 10.1. The van der Waals surface area contributed by atoms with Crippen LogP contribution in [0.25, 0.3) is 0 Å². The van der Waals surface area contributed by atoms with Crippen LogP contribution in [-0.2, 0) is 6.54 Å².